The summed E-state index contributed by atoms with van der Waals surface area (Å²) in [6, 6.07) is 4.55. The van der Waals surface area contributed by atoms with E-state index in [0.29, 0.717) is 11.6 Å². The van der Waals surface area contributed by atoms with Crippen molar-refractivity contribution in [2.75, 3.05) is 11.9 Å². The van der Waals surface area contributed by atoms with Crippen molar-refractivity contribution < 1.29 is 19.2 Å². The van der Waals surface area contributed by atoms with Gasteiger partial charge in [-0.05, 0) is 56.6 Å². The molecule has 0 aliphatic heterocycles. The van der Waals surface area contributed by atoms with E-state index < -0.39 is 10.9 Å². The number of nitro benzene ring substituents is 1. The highest BCUT2D eigenvalue weighted by atomic mass is 16.6. The highest BCUT2D eigenvalue weighted by Gasteiger charge is 2.26. The summed E-state index contributed by atoms with van der Waals surface area (Å²) in [5.41, 5.74) is 0.280. The number of nitrogens with zero attached hydrogens (tertiary/aromatic N) is 1. The van der Waals surface area contributed by atoms with E-state index in [1.807, 2.05) is 0 Å². The number of carbonyl (C=O) groups is 2. The molecule has 0 unspecified atom stereocenters. The lowest BCUT2D eigenvalue weighted by molar-refractivity contribution is -0.384. The first-order valence-corrected chi connectivity index (χ1v) is 9.44. The molecule has 3 rings (SSSR count). The Kier molecular flexibility index (Phi) is 5.93. The van der Waals surface area contributed by atoms with E-state index in [9.17, 15) is 19.7 Å². The van der Waals surface area contributed by atoms with E-state index in [4.69, 9.17) is 4.74 Å². The van der Waals surface area contributed by atoms with Crippen molar-refractivity contribution in [3.05, 3.63) is 33.9 Å². The fraction of sp³-hybridized carbons (Fsp3) is 0.579. The summed E-state index contributed by atoms with van der Waals surface area (Å²) in [7, 11) is 0. The summed E-state index contributed by atoms with van der Waals surface area (Å²) < 4.78 is 5.03. The van der Waals surface area contributed by atoms with Gasteiger partial charge in [-0.2, -0.15) is 0 Å². The Bertz CT molecular complexity index is 724. The van der Waals surface area contributed by atoms with Crippen molar-refractivity contribution in [1.29, 1.82) is 0 Å². The van der Waals surface area contributed by atoms with Crippen LogP contribution in [0.1, 0.15) is 55.8 Å². The number of rotatable bonds is 7. The largest absolute Gasteiger partial charge is 0.452 e. The molecule has 2 fully saturated rings. The highest BCUT2D eigenvalue weighted by molar-refractivity contribution is 5.93. The number of hydrogen-bond acceptors (Lipinski definition) is 6. The number of esters is 1. The molecule has 0 radical (unpaired) electrons. The second kappa shape index (κ2) is 8.37. The number of ether oxygens (including phenoxy) is 1. The van der Waals surface area contributed by atoms with Crippen molar-refractivity contribution in [2.24, 2.45) is 5.92 Å². The lowest BCUT2D eigenvalue weighted by Crippen LogP contribution is -2.39. The molecule has 27 heavy (non-hydrogen) atoms. The Morgan fingerprint density at radius 3 is 2.44 bits per heavy atom. The SMILES string of the molecule is CC1CCC(NC(=O)COC(=O)c2ccc(NC3CC3)c([N+](=O)[O-])c2)CC1. The van der Waals surface area contributed by atoms with Gasteiger partial charge < -0.3 is 15.4 Å². The third kappa shape index (κ3) is 5.42. The summed E-state index contributed by atoms with van der Waals surface area (Å²) in [5.74, 6) is -0.406. The molecule has 0 bridgehead atoms. The molecule has 2 aliphatic rings. The molecule has 2 N–H and O–H groups in total. The minimum Gasteiger partial charge on any atom is -0.452 e. The first-order valence-electron chi connectivity index (χ1n) is 9.44. The van der Waals surface area contributed by atoms with Crippen LogP contribution in [0.25, 0.3) is 0 Å². The molecule has 0 spiro atoms. The van der Waals surface area contributed by atoms with Gasteiger partial charge in [-0.15, -0.1) is 0 Å². The third-order valence-electron chi connectivity index (χ3n) is 5.08. The smallest absolute Gasteiger partial charge is 0.338 e. The number of carbonyl (C=O) groups excluding carboxylic acids is 2. The summed E-state index contributed by atoms with van der Waals surface area (Å²) in [5, 5.41) is 17.2. The van der Waals surface area contributed by atoms with E-state index >= 15 is 0 Å². The van der Waals surface area contributed by atoms with Crippen LogP contribution in [-0.2, 0) is 9.53 Å². The second-order valence-corrected chi connectivity index (χ2v) is 7.51. The van der Waals surface area contributed by atoms with Gasteiger partial charge in [-0.3, -0.25) is 14.9 Å². The van der Waals surface area contributed by atoms with Crippen LogP contribution in [0.2, 0.25) is 0 Å². The Morgan fingerprint density at radius 1 is 1.15 bits per heavy atom. The summed E-state index contributed by atoms with van der Waals surface area (Å²) in [4.78, 5) is 34.9. The Balaban J connectivity index is 1.53. The molecule has 0 heterocycles. The maximum absolute atomic E-state index is 12.2. The zero-order valence-corrected chi connectivity index (χ0v) is 15.4. The third-order valence-corrected chi connectivity index (χ3v) is 5.08. The number of benzene rings is 1. The lowest BCUT2D eigenvalue weighted by atomic mass is 9.87. The lowest BCUT2D eigenvalue weighted by Gasteiger charge is -2.26. The number of hydrogen-bond donors (Lipinski definition) is 2. The molecule has 0 saturated heterocycles. The summed E-state index contributed by atoms with van der Waals surface area (Å²) in [6.07, 6.45) is 5.99. The molecular weight excluding hydrogens is 350 g/mol. The summed E-state index contributed by atoms with van der Waals surface area (Å²) >= 11 is 0. The van der Waals surface area contributed by atoms with E-state index in [0.717, 1.165) is 38.5 Å². The highest BCUT2D eigenvalue weighted by Crippen LogP contribution is 2.31. The monoisotopic (exact) mass is 375 g/mol. The molecule has 8 nitrogen and oxygen atoms in total. The first-order chi connectivity index (χ1) is 12.9. The van der Waals surface area contributed by atoms with E-state index in [1.54, 1.807) is 0 Å². The van der Waals surface area contributed by atoms with E-state index in [1.165, 1.54) is 18.2 Å². The molecule has 1 aromatic carbocycles. The van der Waals surface area contributed by atoms with Gasteiger partial charge in [0, 0.05) is 18.2 Å². The second-order valence-electron chi connectivity index (χ2n) is 7.51. The molecule has 1 amide bonds. The molecule has 1 aromatic rings. The average molecular weight is 375 g/mol. The average Bonchev–Trinajstić information content (AvgIpc) is 3.46. The van der Waals surface area contributed by atoms with Crippen molar-refractivity contribution in [1.82, 2.24) is 5.32 Å². The fourth-order valence-corrected chi connectivity index (χ4v) is 3.27. The fourth-order valence-electron chi connectivity index (χ4n) is 3.27. The quantitative estimate of drug-likeness (QED) is 0.430. The predicted molar refractivity (Wildman–Crippen MR) is 99.6 cm³/mol. The van der Waals surface area contributed by atoms with Gasteiger partial charge in [-0.25, -0.2) is 4.79 Å². The minimum atomic E-state index is -0.747. The number of nitro groups is 1. The maximum Gasteiger partial charge on any atom is 0.338 e. The van der Waals surface area contributed by atoms with Gasteiger partial charge in [0.05, 0.1) is 10.5 Å². The minimum absolute atomic E-state index is 0.0577. The Hall–Kier alpha value is -2.64. The van der Waals surface area contributed by atoms with Crippen molar-refractivity contribution in [3.63, 3.8) is 0 Å². The van der Waals surface area contributed by atoms with Gasteiger partial charge in [0.1, 0.15) is 5.69 Å². The number of anilines is 1. The van der Waals surface area contributed by atoms with Gasteiger partial charge in [0.25, 0.3) is 11.6 Å². The van der Waals surface area contributed by atoms with Crippen LogP contribution in [0.3, 0.4) is 0 Å². The van der Waals surface area contributed by atoms with E-state index in [-0.39, 0.29) is 35.8 Å². The van der Waals surface area contributed by atoms with Crippen LogP contribution in [-0.4, -0.2) is 35.5 Å². The zero-order chi connectivity index (χ0) is 19.4. The molecule has 146 valence electrons. The van der Waals surface area contributed by atoms with Crippen LogP contribution in [0.5, 0.6) is 0 Å². The van der Waals surface area contributed by atoms with Crippen LogP contribution in [0.15, 0.2) is 18.2 Å². The van der Waals surface area contributed by atoms with Crippen LogP contribution < -0.4 is 10.6 Å². The van der Waals surface area contributed by atoms with Crippen LogP contribution in [0.4, 0.5) is 11.4 Å². The Labute approximate surface area is 157 Å². The topological polar surface area (TPSA) is 111 Å². The normalized spacial score (nSPS) is 22.0. The number of nitrogens with one attached hydrogen (secondary N) is 2. The van der Waals surface area contributed by atoms with Crippen LogP contribution in [0, 0.1) is 16.0 Å². The van der Waals surface area contributed by atoms with Crippen molar-refractivity contribution in [2.45, 2.75) is 57.5 Å². The predicted octanol–water partition coefficient (Wildman–Crippen LogP) is 3.02. The number of amides is 1. The van der Waals surface area contributed by atoms with Gasteiger partial charge in [0.2, 0.25) is 0 Å². The molecule has 0 atom stereocenters. The first kappa shape index (κ1) is 19.1. The summed E-state index contributed by atoms with van der Waals surface area (Å²) in [6.45, 7) is 1.81. The van der Waals surface area contributed by atoms with Crippen LogP contribution >= 0.6 is 0 Å². The van der Waals surface area contributed by atoms with Gasteiger partial charge in [-0.1, -0.05) is 6.92 Å². The zero-order valence-electron chi connectivity index (χ0n) is 15.4. The van der Waals surface area contributed by atoms with Gasteiger partial charge in [0.15, 0.2) is 6.61 Å². The van der Waals surface area contributed by atoms with Crippen molar-refractivity contribution in [3.8, 4) is 0 Å². The van der Waals surface area contributed by atoms with E-state index in [2.05, 4.69) is 17.6 Å². The molecule has 0 aromatic heterocycles. The Morgan fingerprint density at radius 2 is 1.81 bits per heavy atom. The molecule has 2 aliphatic carbocycles. The molecule has 2 saturated carbocycles. The maximum atomic E-state index is 12.2. The standard InChI is InChI=1S/C19H25N3O5/c1-12-2-5-15(6-3-12)21-18(23)11-27-19(24)13-4-9-16(20-14-7-8-14)17(10-13)22(25)26/h4,9-10,12,14-15,20H,2-3,5-8,11H2,1H3,(H,21,23). The molecular formula is C19H25N3O5. The molecule has 8 heteroatoms. The van der Waals surface area contributed by atoms with Gasteiger partial charge >= 0.3 is 5.97 Å². The van der Waals surface area contributed by atoms with Crippen molar-refractivity contribution >= 4 is 23.3 Å².